The summed E-state index contributed by atoms with van der Waals surface area (Å²) >= 11 is 0. The normalized spacial score (nSPS) is 13.5. The first-order chi connectivity index (χ1) is 24.6. The predicted octanol–water partition coefficient (Wildman–Crippen LogP) is 7.52. The first kappa shape index (κ1) is 39.0. The molecule has 3 aromatic carbocycles. The van der Waals surface area contributed by atoms with Crippen molar-refractivity contribution in [2.24, 2.45) is 0 Å². The van der Waals surface area contributed by atoms with E-state index in [2.05, 4.69) is 16.1 Å². The van der Waals surface area contributed by atoms with Crippen LogP contribution in [0.3, 0.4) is 0 Å². The van der Waals surface area contributed by atoms with Crippen molar-refractivity contribution in [3.8, 4) is 23.8 Å². The standard InChI is InChI=1S/C42H53N3O6/c1-5-30-49-37-21-17-35(18-22-37)39(46)34-15-13-33(14-16-34)32-43-40(47)36-19-23-38(24-20-36)50-31-11-9-7-6-8-10-25-44-26-12-27-45(29-28-44)41(48)51-42(2,3)4/h1,13-24H,6-12,25-32H2,2-4H3,(H,43,47). The number of ketones is 1. The third-order valence-electron chi connectivity index (χ3n) is 8.60. The van der Waals surface area contributed by atoms with Crippen molar-refractivity contribution < 1.29 is 28.6 Å². The average molecular weight is 696 g/mol. The van der Waals surface area contributed by atoms with Gasteiger partial charge in [-0.05, 0) is 107 Å². The molecule has 9 nitrogen and oxygen atoms in total. The van der Waals surface area contributed by atoms with Gasteiger partial charge in [0.1, 0.15) is 23.7 Å². The maximum absolute atomic E-state index is 12.8. The molecule has 9 heteroatoms. The molecule has 1 fully saturated rings. The number of hydrogen-bond acceptors (Lipinski definition) is 7. The summed E-state index contributed by atoms with van der Waals surface area (Å²) in [5.74, 6) is 3.51. The second-order valence-corrected chi connectivity index (χ2v) is 13.9. The Labute approximate surface area is 303 Å². The van der Waals surface area contributed by atoms with Gasteiger partial charge in [-0.15, -0.1) is 6.42 Å². The van der Waals surface area contributed by atoms with Crippen molar-refractivity contribution in [3.63, 3.8) is 0 Å². The number of terminal acetylenes is 1. The number of hydrogen-bond donors (Lipinski definition) is 1. The van der Waals surface area contributed by atoms with Crippen LogP contribution in [0.5, 0.6) is 11.5 Å². The molecule has 1 saturated heterocycles. The largest absolute Gasteiger partial charge is 0.494 e. The monoisotopic (exact) mass is 695 g/mol. The molecule has 272 valence electrons. The van der Waals surface area contributed by atoms with Crippen molar-refractivity contribution in [2.75, 3.05) is 45.9 Å². The summed E-state index contributed by atoms with van der Waals surface area (Å²) in [6.45, 7) is 11.4. The summed E-state index contributed by atoms with van der Waals surface area (Å²) in [6.07, 6.45) is 12.9. The van der Waals surface area contributed by atoms with Gasteiger partial charge in [0.15, 0.2) is 5.78 Å². The fourth-order valence-electron chi connectivity index (χ4n) is 5.79. The van der Waals surface area contributed by atoms with E-state index in [-0.39, 0.29) is 24.4 Å². The number of carbonyl (C=O) groups excluding carboxylic acids is 3. The van der Waals surface area contributed by atoms with E-state index < -0.39 is 5.60 Å². The third-order valence-corrected chi connectivity index (χ3v) is 8.60. The van der Waals surface area contributed by atoms with Crippen LogP contribution in [0.25, 0.3) is 0 Å². The van der Waals surface area contributed by atoms with Gasteiger partial charge in [0, 0.05) is 42.9 Å². The molecule has 0 spiro atoms. The van der Waals surface area contributed by atoms with Crippen LogP contribution in [0.1, 0.15) is 97.6 Å². The quantitative estimate of drug-likeness (QED) is 0.0887. The highest BCUT2D eigenvalue weighted by Gasteiger charge is 2.24. The molecule has 0 unspecified atom stereocenters. The molecule has 0 saturated carbocycles. The Bertz CT molecular complexity index is 1570. The fraction of sp³-hybridized carbons (Fsp3) is 0.452. The predicted molar refractivity (Wildman–Crippen MR) is 200 cm³/mol. The van der Waals surface area contributed by atoms with E-state index in [1.807, 2.05) is 49.9 Å². The lowest BCUT2D eigenvalue weighted by atomic mass is 10.0. The minimum absolute atomic E-state index is 0.0944. The Balaban J connectivity index is 1.04. The molecule has 0 radical (unpaired) electrons. The van der Waals surface area contributed by atoms with Crippen LogP contribution in [0, 0.1) is 12.3 Å². The number of carbonyl (C=O) groups is 3. The number of nitrogens with one attached hydrogen (secondary N) is 1. The molecular formula is C42H53N3O6. The van der Waals surface area contributed by atoms with Crippen LogP contribution in [0.2, 0.25) is 0 Å². The first-order valence-corrected chi connectivity index (χ1v) is 18.1. The second kappa shape index (κ2) is 20.1. The van der Waals surface area contributed by atoms with E-state index in [0.717, 1.165) is 63.3 Å². The van der Waals surface area contributed by atoms with Crippen molar-refractivity contribution in [1.82, 2.24) is 15.1 Å². The van der Waals surface area contributed by atoms with Crippen LogP contribution in [-0.2, 0) is 11.3 Å². The molecule has 0 aliphatic carbocycles. The Morgan fingerprint density at radius 3 is 1.96 bits per heavy atom. The smallest absolute Gasteiger partial charge is 0.410 e. The highest BCUT2D eigenvalue weighted by molar-refractivity contribution is 6.09. The summed E-state index contributed by atoms with van der Waals surface area (Å²) in [4.78, 5) is 42.3. The Hall–Kier alpha value is -4.81. The van der Waals surface area contributed by atoms with Gasteiger partial charge < -0.3 is 29.3 Å². The van der Waals surface area contributed by atoms with Crippen LogP contribution in [0.15, 0.2) is 72.8 Å². The maximum atomic E-state index is 12.8. The highest BCUT2D eigenvalue weighted by atomic mass is 16.6. The summed E-state index contributed by atoms with van der Waals surface area (Å²) in [5.41, 5.74) is 2.11. The minimum Gasteiger partial charge on any atom is -0.494 e. The van der Waals surface area contributed by atoms with Gasteiger partial charge >= 0.3 is 6.09 Å². The maximum Gasteiger partial charge on any atom is 0.410 e. The molecule has 1 aliphatic rings. The first-order valence-electron chi connectivity index (χ1n) is 18.1. The zero-order chi connectivity index (χ0) is 36.5. The van der Waals surface area contributed by atoms with Crippen LogP contribution in [0.4, 0.5) is 4.79 Å². The molecule has 4 rings (SSSR count). The van der Waals surface area contributed by atoms with E-state index in [9.17, 15) is 14.4 Å². The topological polar surface area (TPSA) is 97.4 Å². The van der Waals surface area contributed by atoms with Crippen molar-refractivity contribution in [1.29, 1.82) is 0 Å². The molecule has 0 bridgehead atoms. The van der Waals surface area contributed by atoms with E-state index in [1.165, 1.54) is 25.7 Å². The zero-order valence-corrected chi connectivity index (χ0v) is 30.5. The number of unbranched alkanes of at least 4 members (excludes halogenated alkanes) is 5. The van der Waals surface area contributed by atoms with E-state index in [1.54, 1.807) is 48.5 Å². The van der Waals surface area contributed by atoms with Crippen LogP contribution >= 0.6 is 0 Å². The summed E-state index contributed by atoms with van der Waals surface area (Å²) in [5, 5.41) is 2.94. The molecule has 3 aromatic rings. The van der Waals surface area contributed by atoms with Crippen molar-refractivity contribution >= 4 is 17.8 Å². The van der Waals surface area contributed by atoms with Gasteiger partial charge in [0.25, 0.3) is 5.91 Å². The number of amides is 2. The summed E-state index contributed by atoms with van der Waals surface area (Å²) in [7, 11) is 0. The molecule has 1 aliphatic heterocycles. The van der Waals surface area contributed by atoms with Gasteiger partial charge in [0.05, 0.1) is 6.61 Å². The lowest BCUT2D eigenvalue weighted by Gasteiger charge is -2.26. The third kappa shape index (κ3) is 13.8. The highest BCUT2D eigenvalue weighted by Crippen LogP contribution is 2.18. The number of nitrogens with zero attached hydrogens (tertiary/aromatic N) is 2. The van der Waals surface area contributed by atoms with Crippen molar-refractivity contribution in [3.05, 3.63) is 95.1 Å². The fourth-order valence-corrected chi connectivity index (χ4v) is 5.79. The molecule has 0 atom stereocenters. The second-order valence-electron chi connectivity index (χ2n) is 13.9. The zero-order valence-electron chi connectivity index (χ0n) is 30.5. The van der Waals surface area contributed by atoms with Gasteiger partial charge in [-0.3, -0.25) is 9.59 Å². The van der Waals surface area contributed by atoms with Gasteiger partial charge in [-0.1, -0.05) is 55.9 Å². The molecule has 51 heavy (non-hydrogen) atoms. The van der Waals surface area contributed by atoms with E-state index in [4.69, 9.17) is 20.6 Å². The summed E-state index contributed by atoms with van der Waals surface area (Å²) < 4.78 is 16.8. The summed E-state index contributed by atoms with van der Waals surface area (Å²) in [6, 6.07) is 21.3. The van der Waals surface area contributed by atoms with Crippen LogP contribution in [-0.4, -0.2) is 79.1 Å². The molecule has 2 amide bonds. The van der Waals surface area contributed by atoms with Crippen molar-refractivity contribution in [2.45, 2.75) is 77.9 Å². The molecule has 0 aromatic heterocycles. The Morgan fingerprint density at radius 2 is 1.31 bits per heavy atom. The van der Waals surface area contributed by atoms with Crippen LogP contribution < -0.4 is 14.8 Å². The van der Waals surface area contributed by atoms with E-state index >= 15 is 0 Å². The molecule has 1 heterocycles. The number of rotatable bonds is 17. The number of ether oxygens (including phenoxy) is 3. The van der Waals surface area contributed by atoms with Gasteiger partial charge in [0.2, 0.25) is 0 Å². The lowest BCUT2D eigenvalue weighted by Crippen LogP contribution is -2.39. The molecule has 1 N–H and O–H groups in total. The average Bonchev–Trinajstić information content (AvgIpc) is 3.38. The lowest BCUT2D eigenvalue weighted by molar-refractivity contribution is 0.0257. The van der Waals surface area contributed by atoms with E-state index in [0.29, 0.717) is 35.6 Å². The minimum atomic E-state index is -0.458. The number of benzene rings is 3. The van der Waals surface area contributed by atoms with Gasteiger partial charge in [-0.25, -0.2) is 4.79 Å². The Kier molecular flexibility index (Phi) is 15.4. The van der Waals surface area contributed by atoms with Gasteiger partial charge in [-0.2, -0.15) is 0 Å². The molecular weight excluding hydrogens is 642 g/mol. The Morgan fingerprint density at radius 1 is 0.725 bits per heavy atom. The SMILES string of the molecule is C#CCOc1ccc(C(=O)c2ccc(CNC(=O)c3ccc(OCCCCCCCCN4CCCN(C(=O)OC(C)(C)C)CC4)cc3)cc2)cc1.